The van der Waals surface area contributed by atoms with Gasteiger partial charge in [0.25, 0.3) is 0 Å². The van der Waals surface area contributed by atoms with Crippen LogP contribution in [0.5, 0.6) is 5.75 Å². The van der Waals surface area contributed by atoms with Crippen molar-refractivity contribution in [3.63, 3.8) is 0 Å². The lowest BCUT2D eigenvalue weighted by atomic mass is 10.2. The van der Waals surface area contributed by atoms with Crippen molar-refractivity contribution in [2.75, 3.05) is 18.5 Å². The number of carboxylic acids is 1. The lowest BCUT2D eigenvalue weighted by Crippen LogP contribution is -2.30. The average molecular weight is 428 g/mol. The normalized spacial score (nSPS) is 10.2. The van der Waals surface area contributed by atoms with Gasteiger partial charge in [0.15, 0.2) is 0 Å². The Morgan fingerprint density at radius 1 is 1.16 bits per heavy atom. The van der Waals surface area contributed by atoms with Crippen molar-refractivity contribution in [2.24, 2.45) is 0 Å². The molecule has 6 nitrogen and oxygen atoms in total. The number of aromatic carboxylic acids is 1. The molecule has 3 N–H and O–H groups in total. The molecule has 0 aliphatic heterocycles. The van der Waals surface area contributed by atoms with Gasteiger partial charge in [-0.1, -0.05) is 27.5 Å². The van der Waals surface area contributed by atoms with Gasteiger partial charge in [-0.2, -0.15) is 0 Å². The first-order valence-electron chi connectivity index (χ1n) is 7.42. The highest BCUT2D eigenvalue weighted by Crippen LogP contribution is 2.27. The largest absolute Gasteiger partial charge is 0.492 e. The number of carbonyl (C=O) groups excluding carboxylic acids is 1. The van der Waals surface area contributed by atoms with Gasteiger partial charge in [0.1, 0.15) is 5.75 Å². The number of hydrogen-bond donors (Lipinski definition) is 3. The molecular formula is C17H16BrClN2O4. The molecule has 0 radical (unpaired) electrons. The molecular weight excluding hydrogens is 412 g/mol. The highest BCUT2D eigenvalue weighted by Gasteiger charge is 2.05. The summed E-state index contributed by atoms with van der Waals surface area (Å²) in [5, 5.41) is 14.6. The van der Waals surface area contributed by atoms with Crippen molar-refractivity contribution in [3.8, 4) is 5.75 Å². The summed E-state index contributed by atoms with van der Waals surface area (Å²) in [7, 11) is 0. The monoisotopic (exact) mass is 426 g/mol. The summed E-state index contributed by atoms with van der Waals surface area (Å²) in [4.78, 5) is 22.5. The van der Waals surface area contributed by atoms with Crippen LogP contribution in [0.4, 0.5) is 10.5 Å². The van der Waals surface area contributed by atoms with Crippen molar-refractivity contribution in [1.82, 2.24) is 5.32 Å². The standard InChI is InChI=1S/C17H16BrClN2O4/c18-12-4-7-15(14(19)10-12)25-9-1-8-20-17(24)21-13-5-2-11(3-6-13)16(22)23/h2-7,10H,1,8-9H2,(H,22,23)(H2,20,21,24). The maximum atomic E-state index is 11.8. The third-order valence-corrected chi connectivity index (χ3v) is 3.94. The molecule has 0 saturated heterocycles. The van der Waals surface area contributed by atoms with Crippen LogP contribution in [0, 0.1) is 0 Å². The fraction of sp³-hybridized carbons (Fsp3) is 0.176. The molecule has 0 unspecified atom stereocenters. The average Bonchev–Trinajstić information content (AvgIpc) is 2.56. The second-order valence-corrected chi connectivity index (χ2v) is 6.36. The maximum Gasteiger partial charge on any atom is 0.335 e. The zero-order valence-electron chi connectivity index (χ0n) is 13.1. The first-order valence-corrected chi connectivity index (χ1v) is 8.59. The molecule has 2 rings (SSSR count). The summed E-state index contributed by atoms with van der Waals surface area (Å²) in [6.45, 7) is 0.835. The Morgan fingerprint density at radius 2 is 1.88 bits per heavy atom. The van der Waals surface area contributed by atoms with Crippen LogP contribution in [-0.4, -0.2) is 30.3 Å². The van der Waals surface area contributed by atoms with Gasteiger partial charge in [0.05, 0.1) is 17.2 Å². The minimum absolute atomic E-state index is 0.162. The van der Waals surface area contributed by atoms with Crippen LogP contribution in [0.25, 0.3) is 0 Å². The smallest absolute Gasteiger partial charge is 0.335 e. The van der Waals surface area contributed by atoms with Crippen LogP contribution in [0.2, 0.25) is 5.02 Å². The van der Waals surface area contributed by atoms with Crippen molar-refractivity contribution in [2.45, 2.75) is 6.42 Å². The summed E-state index contributed by atoms with van der Waals surface area (Å²) in [6.07, 6.45) is 0.609. The first-order chi connectivity index (χ1) is 12.0. The van der Waals surface area contributed by atoms with E-state index in [9.17, 15) is 9.59 Å². The van der Waals surface area contributed by atoms with E-state index in [2.05, 4.69) is 26.6 Å². The number of urea groups is 1. The Bertz CT molecular complexity index is 753. The second kappa shape index (κ2) is 9.29. The van der Waals surface area contributed by atoms with Crippen LogP contribution in [-0.2, 0) is 0 Å². The molecule has 0 aliphatic carbocycles. The molecule has 0 atom stereocenters. The Labute approximate surface area is 158 Å². The number of halogens is 2. The van der Waals surface area contributed by atoms with E-state index >= 15 is 0 Å². The molecule has 8 heteroatoms. The summed E-state index contributed by atoms with van der Waals surface area (Å²) >= 11 is 9.36. The van der Waals surface area contributed by atoms with E-state index < -0.39 is 5.97 Å². The van der Waals surface area contributed by atoms with Gasteiger partial charge in [-0.05, 0) is 48.9 Å². The second-order valence-electron chi connectivity index (χ2n) is 5.04. The lowest BCUT2D eigenvalue weighted by molar-refractivity contribution is 0.0697. The van der Waals surface area contributed by atoms with Crippen molar-refractivity contribution in [3.05, 3.63) is 57.5 Å². The van der Waals surface area contributed by atoms with Gasteiger partial charge >= 0.3 is 12.0 Å². The molecule has 2 aromatic carbocycles. The minimum Gasteiger partial charge on any atom is -0.492 e. The number of anilines is 1. The topological polar surface area (TPSA) is 87.7 Å². The van der Waals surface area contributed by atoms with Crippen molar-refractivity contribution < 1.29 is 19.4 Å². The summed E-state index contributed by atoms with van der Waals surface area (Å²) in [6, 6.07) is 10.9. The third-order valence-electron chi connectivity index (χ3n) is 3.15. The molecule has 0 bridgehead atoms. The summed E-state index contributed by atoms with van der Waals surface area (Å²) in [5.41, 5.74) is 0.676. The minimum atomic E-state index is -1.01. The van der Waals surface area contributed by atoms with E-state index in [0.29, 0.717) is 36.0 Å². The number of rotatable bonds is 7. The number of benzene rings is 2. The van der Waals surface area contributed by atoms with Crippen LogP contribution in [0.1, 0.15) is 16.8 Å². The molecule has 0 heterocycles. The molecule has 2 aromatic rings. The fourth-order valence-electron chi connectivity index (χ4n) is 1.92. The van der Waals surface area contributed by atoms with Gasteiger partial charge in [-0.25, -0.2) is 9.59 Å². The number of carbonyl (C=O) groups is 2. The van der Waals surface area contributed by atoms with E-state index in [1.165, 1.54) is 24.3 Å². The van der Waals surface area contributed by atoms with E-state index in [1.807, 2.05) is 6.07 Å². The third kappa shape index (κ3) is 6.28. The van der Waals surface area contributed by atoms with Gasteiger partial charge in [0, 0.05) is 16.7 Å². The molecule has 25 heavy (non-hydrogen) atoms. The maximum absolute atomic E-state index is 11.8. The molecule has 132 valence electrons. The number of carboxylic acid groups (broad SMARTS) is 1. The van der Waals surface area contributed by atoms with Crippen molar-refractivity contribution in [1.29, 1.82) is 0 Å². The fourth-order valence-corrected chi connectivity index (χ4v) is 2.65. The van der Waals surface area contributed by atoms with E-state index in [4.69, 9.17) is 21.4 Å². The number of nitrogens with one attached hydrogen (secondary N) is 2. The highest BCUT2D eigenvalue weighted by atomic mass is 79.9. The predicted octanol–water partition coefficient (Wildman–Crippen LogP) is 4.39. The molecule has 0 aliphatic rings. The highest BCUT2D eigenvalue weighted by molar-refractivity contribution is 9.10. The molecule has 2 amide bonds. The number of ether oxygens (including phenoxy) is 1. The van der Waals surface area contributed by atoms with Crippen LogP contribution in [0.3, 0.4) is 0 Å². The Hall–Kier alpha value is -2.25. The quantitative estimate of drug-likeness (QED) is 0.572. The van der Waals surface area contributed by atoms with Crippen LogP contribution < -0.4 is 15.4 Å². The lowest BCUT2D eigenvalue weighted by Gasteiger charge is -2.10. The van der Waals surface area contributed by atoms with Gasteiger partial charge in [0.2, 0.25) is 0 Å². The van der Waals surface area contributed by atoms with Crippen molar-refractivity contribution >= 4 is 45.2 Å². The zero-order valence-corrected chi connectivity index (χ0v) is 15.4. The van der Waals surface area contributed by atoms with Gasteiger partial charge in [-0.15, -0.1) is 0 Å². The predicted molar refractivity (Wildman–Crippen MR) is 99.7 cm³/mol. The van der Waals surface area contributed by atoms with E-state index in [1.54, 1.807) is 12.1 Å². The Kier molecular flexibility index (Phi) is 7.09. The zero-order chi connectivity index (χ0) is 18.2. The first kappa shape index (κ1) is 19.1. The summed E-state index contributed by atoms with van der Waals surface area (Å²) in [5.74, 6) is -0.422. The summed E-state index contributed by atoms with van der Waals surface area (Å²) < 4.78 is 6.42. The SMILES string of the molecule is O=C(NCCCOc1ccc(Br)cc1Cl)Nc1ccc(C(=O)O)cc1. The Morgan fingerprint density at radius 3 is 2.52 bits per heavy atom. The van der Waals surface area contributed by atoms with Crippen LogP contribution in [0.15, 0.2) is 46.9 Å². The molecule has 0 fully saturated rings. The Balaban J connectivity index is 1.67. The number of amides is 2. The molecule has 0 aromatic heterocycles. The van der Waals surface area contributed by atoms with E-state index in [0.717, 1.165) is 4.47 Å². The molecule has 0 saturated carbocycles. The van der Waals surface area contributed by atoms with E-state index in [-0.39, 0.29) is 11.6 Å². The van der Waals surface area contributed by atoms with Crippen LogP contribution >= 0.6 is 27.5 Å². The number of hydrogen-bond acceptors (Lipinski definition) is 3. The van der Waals surface area contributed by atoms with Gasteiger partial charge < -0.3 is 20.5 Å². The molecule has 0 spiro atoms. The van der Waals surface area contributed by atoms with Gasteiger partial charge in [-0.3, -0.25) is 0 Å².